The van der Waals surface area contributed by atoms with Crippen molar-refractivity contribution in [1.82, 2.24) is 9.78 Å². The van der Waals surface area contributed by atoms with Crippen molar-refractivity contribution in [1.29, 1.82) is 0 Å². The van der Waals surface area contributed by atoms with Gasteiger partial charge in [0.25, 0.3) is 0 Å². The van der Waals surface area contributed by atoms with Gasteiger partial charge < -0.3 is 10.6 Å². The van der Waals surface area contributed by atoms with E-state index in [-0.39, 0.29) is 6.03 Å². The number of benzene rings is 2. The lowest BCUT2D eigenvalue weighted by Gasteiger charge is -2.10. The van der Waals surface area contributed by atoms with Gasteiger partial charge in [-0.15, -0.1) is 0 Å². The Morgan fingerprint density at radius 3 is 2.46 bits per heavy atom. The standard InChI is InChI=1S/C20H21ClN4O/c1-13-8-4-5-9-16(13)12-25-15(3)19(14(2)24-25)23-20(26)22-18-11-7-6-10-17(18)21/h4-11H,12H2,1-3H3,(H2,22,23,26). The van der Waals surface area contributed by atoms with Crippen LogP contribution in [-0.2, 0) is 6.54 Å². The average molecular weight is 369 g/mol. The van der Waals surface area contributed by atoms with Gasteiger partial charge in [0.2, 0.25) is 0 Å². The number of hydrogen-bond donors (Lipinski definition) is 2. The molecule has 6 heteroatoms. The third-order valence-corrected chi connectivity index (χ3v) is 4.65. The number of nitrogens with one attached hydrogen (secondary N) is 2. The molecule has 0 saturated heterocycles. The van der Waals surface area contributed by atoms with Crippen LogP contribution in [0.15, 0.2) is 48.5 Å². The van der Waals surface area contributed by atoms with Crippen molar-refractivity contribution in [3.8, 4) is 0 Å². The first-order chi connectivity index (χ1) is 12.5. The molecule has 2 N–H and O–H groups in total. The zero-order valence-corrected chi connectivity index (χ0v) is 15.8. The summed E-state index contributed by atoms with van der Waals surface area (Å²) in [6.45, 7) is 6.57. The molecule has 0 aliphatic heterocycles. The molecule has 2 aromatic carbocycles. The van der Waals surface area contributed by atoms with E-state index in [1.165, 1.54) is 11.1 Å². The van der Waals surface area contributed by atoms with E-state index in [1.807, 2.05) is 42.8 Å². The number of aryl methyl sites for hydroxylation is 2. The smallest absolute Gasteiger partial charge is 0.306 e. The van der Waals surface area contributed by atoms with Gasteiger partial charge in [0.05, 0.1) is 34.3 Å². The highest BCUT2D eigenvalue weighted by Crippen LogP contribution is 2.23. The lowest BCUT2D eigenvalue weighted by molar-refractivity contribution is 0.262. The third kappa shape index (κ3) is 3.89. The fourth-order valence-corrected chi connectivity index (χ4v) is 2.99. The Kier molecular flexibility index (Phi) is 5.28. The van der Waals surface area contributed by atoms with E-state index in [0.717, 1.165) is 11.4 Å². The van der Waals surface area contributed by atoms with E-state index in [0.29, 0.717) is 22.9 Å². The maximum absolute atomic E-state index is 12.3. The summed E-state index contributed by atoms with van der Waals surface area (Å²) in [5, 5.41) is 10.7. The van der Waals surface area contributed by atoms with Crippen molar-refractivity contribution >= 4 is 29.0 Å². The highest BCUT2D eigenvalue weighted by Gasteiger charge is 2.15. The highest BCUT2D eigenvalue weighted by molar-refractivity contribution is 6.33. The summed E-state index contributed by atoms with van der Waals surface area (Å²) < 4.78 is 1.91. The summed E-state index contributed by atoms with van der Waals surface area (Å²) in [6, 6.07) is 15.0. The first kappa shape index (κ1) is 18.0. The van der Waals surface area contributed by atoms with E-state index < -0.39 is 0 Å². The van der Waals surface area contributed by atoms with Crippen LogP contribution in [0.2, 0.25) is 5.02 Å². The fourth-order valence-electron chi connectivity index (χ4n) is 2.81. The van der Waals surface area contributed by atoms with Crippen LogP contribution < -0.4 is 10.6 Å². The minimum Gasteiger partial charge on any atom is -0.306 e. The SMILES string of the molecule is Cc1ccccc1Cn1nc(C)c(NC(=O)Nc2ccccc2Cl)c1C. The number of hydrogen-bond acceptors (Lipinski definition) is 2. The van der Waals surface area contributed by atoms with Gasteiger partial charge in [-0.3, -0.25) is 4.68 Å². The fraction of sp³-hybridized carbons (Fsp3) is 0.200. The van der Waals surface area contributed by atoms with Crippen LogP contribution >= 0.6 is 11.6 Å². The number of halogens is 1. The Hall–Kier alpha value is -2.79. The Bertz CT molecular complexity index is 949. The van der Waals surface area contributed by atoms with Gasteiger partial charge in [-0.25, -0.2) is 4.79 Å². The highest BCUT2D eigenvalue weighted by atomic mass is 35.5. The first-order valence-corrected chi connectivity index (χ1v) is 8.74. The molecule has 0 aliphatic carbocycles. The van der Waals surface area contributed by atoms with Crippen LogP contribution in [0.25, 0.3) is 0 Å². The average Bonchev–Trinajstić information content (AvgIpc) is 2.86. The third-order valence-electron chi connectivity index (χ3n) is 4.32. The van der Waals surface area contributed by atoms with E-state index in [1.54, 1.807) is 12.1 Å². The summed E-state index contributed by atoms with van der Waals surface area (Å²) >= 11 is 6.08. The van der Waals surface area contributed by atoms with Gasteiger partial charge in [0.15, 0.2) is 0 Å². The molecule has 5 nitrogen and oxygen atoms in total. The molecular weight excluding hydrogens is 348 g/mol. The lowest BCUT2D eigenvalue weighted by atomic mass is 10.1. The van der Waals surface area contributed by atoms with Crippen molar-refractivity contribution in [2.24, 2.45) is 0 Å². The van der Waals surface area contributed by atoms with Crippen molar-refractivity contribution in [2.75, 3.05) is 10.6 Å². The maximum atomic E-state index is 12.3. The minimum atomic E-state index is -0.347. The summed E-state index contributed by atoms with van der Waals surface area (Å²) in [7, 11) is 0. The Balaban J connectivity index is 1.77. The first-order valence-electron chi connectivity index (χ1n) is 8.36. The van der Waals surface area contributed by atoms with Crippen LogP contribution in [0.5, 0.6) is 0 Å². The second-order valence-corrected chi connectivity index (χ2v) is 6.60. The van der Waals surface area contributed by atoms with Crippen LogP contribution in [0.3, 0.4) is 0 Å². The molecule has 0 aliphatic rings. The normalized spacial score (nSPS) is 10.6. The number of carbonyl (C=O) groups excluding carboxylic acids is 1. The molecule has 3 rings (SSSR count). The Labute approximate surface area is 158 Å². The van der Waals surface area contributed by atoms with Crippen molar-refractivity contribution in [3.63, 3.8) is 0 Å². The number of amides is 2. The Morgan fingerprint density at radius 2 is 1.73 bits per heavy atom. The predicted molar refractivity (Wildman–Crippen MR) is 106 cm³/mol. The van der Waals surface area contributed by atoms with Gasteiger partial charge in [-0.1, -0.05) is 48.0 Å². The molecule has 3 aromatic rings. The molecule has 0 radical (unpaired) electrons. The molecule has 1 aromatic heterocycles. The number of nitrogens with zero attached hydrogens (tertiary/aromatic N) is 2. The Morgan fingerprint density at radius 1 is 1.04 bits per heavy atom. The number of para-hydroxylation sites is 1. The molecule has 0 saturated carbocycles. The summed E-state index contributed by atoms with van der Waals surface area (Å²) in [6.07, 6.45) is 0. The van der Waals surface area contributed by atoms with Crippen LogP contribution in [0, 0.1) is 20.8 Å². The lowest BCUT2D eigenvalue weighted by Crippen LogP contribution is -2.20. The summed E-state index contributed by atoms with van der Waals surface area (Å²) in [4.78, 5) is 12.3. The topological polar surface area (TPSA) is 59.0 Å². The van der Waals surface area contributed by atoms with Gasteiger partial charge in [-0.05, 0) is 44.0 Å². The van der Waals surface area contributed by atoms with Crippen LogP contribution in [0.4, 0.5) is 16.2 Å². The van der Waals surface area contributed by atoms with Crippen molar-refractivity contribution in [2.45, 2.75) is 27.3 Å². The van der Waals surface area contributed by atoms with Crippen LogP contribution in [0.1, 0.15) is 22.5 Å². The molecule has 0 bridgehead atoms. The molecule has 1 heterocycles. The van der Waals surface area contributed by atoms with Crippen molar-refractivity contribution < 1.29 is 4.79 Å². The van der Waals surface area contributed by atoms with Gasteiger partial charge in [0.1, 0.15) is 0 Å². The van der Waals surface area contributed by atoms with Gasteiger partial charge in [0, 0.05) is 0 Å². The minimum absolute atomic E-state index is 0.347. The molecular formula is C20H21ClN4O. The van der Waals surface area contributed by atoms with Gasteiger partial charge in [-0.2, -0.15) is 5.10 Å². The maximum Gasteiger partial charge on any atom is 0.323 e. The second-order valence-electron chi connectivity index (χ2n) is 6.19. The van der Waals surface area contributed by atoms with Crippen LogP contribution in [-0.4, -0.2) is 15.8 Å². The van der Waals surface area contributed by atoms with E-state index in [9.17, 15) is 4.79 Å². The molecule has 0 fully saturated rings. The number of carbonyl (C=O) groups is 1. The summed E-state index contributed by atoms with van der Waals surface area (Å²) in [5.74, 6) is 0. The molecule has 2 amide bonds. The number of rotatable bonds is 4. The number of urea groups is 1. The zero-order valence-electron chi connectivity index (χ0n) is 15.0. The molecule has 26 heavy (non-hydrogen) atoms. The van der Waals surface area contributed by atoms with Crippen molar-refractivity contribution in [3.05, 3.63) is 76.1 Å². The van der Waals surface area contributed by atoms with E-state index in [2.05, 4.69) is 34.8 Å². The molecule has 0 unspecified atom stereocenters. The van der Waals surface area contributed by atoms with E-state index >= 15 is 0 Å². The second kappa shape index (κ2) is 7.62. The summed E-state index contributed by atoms with van der Waals surface area (Å²) in [5.41, 5.74) is 5.36. The molecule has 0 atom stereocenters. The largest absolute Gasteiger partial charge is 0.323 e. The van der Waals surface area contributed by atoms with E-state index in [4.69, 9.17) is 11.6 Å². The monoisotopic (exact) mass is 368 g/mol. The zero-order chi connectivity index (χ0) is 18.7. The predicted octanol–water partition coefficient (Wildman–Crippen LogP) is 5.15. The quantitative estimate of drug-likeness (QED) is 0.668. The number of anilines is 2. The molecule has 0 spiro atoms. The molecule has 134 valence electrons. The van der Waals surface area contributed by atoms with Gasteiger partial charge >= 0.3 is 6.03 Å². The number of aromatic nitrogens is 2.